The zero-order valence-corrected chi connectivity index (χ0v) is 10.6. The minimum atomic E-state index is -0.241. The number of phenolic OH excluding ortho intramolecular Hbond substituents is 1. The van der Waals surface area contributed by atoms with Crippen LogP contribution in [0.1, 0.15) is 18.4 Å². The molecule has 0 aliphatic heterocycles. The normalized spacial score (nSPS) is 17.4. The molecule has 0 heterocycles. The van der Waals surface area contributed by atoms with E-state index < -0.39 is 0 Å². The number of aliphatic hydroxyl groups excluding tert-OH is 1. The summed E-state index contributed by atoms with van der Waals surface area (Å²) >= 11 is 3.27. The third-order valence-corrected chi connectivity index (χ3v) is 3.55. The Morgan fingerprint density at radius 3 is 2.88 bits per heavy atom. The molecular weight excluding hydrogens is 270 g/mol. The second kappa shape index (κ2) is 5.17. The Kier molecular flexibility index (Phi) is 3.84. The summed E-state index contributed by atoms with van der Waals surface area (Å²) in [6, 6.07) is 5.56. The summed E-state index contributed by atoms with van der Waals surface area (Å²) < 4.78 is 0.703. The fourth-order valence-electron chi connectivity index (χ4n) is 1.71. The highest BCUT2D eigenvalue weighted by molar-refractivity contribution is 9.10. The topological polar surface area (TPSA) is 52.5 Å². The van der Waals surface area contributed by atoms with Gasteiger partial charge in [0.1, 0.15) is 5.75 Å². The molecule has 1 aliphatic carbocycles. The number of halogens is 1. The van der Waals surface area contributed by atoms with Crippen LogP contribution in [0.4, 0.5) is 0 Å². The first-order valence-electron chi connectivity index (χ1n) is 5.53. The molecule has 3 N–H and O–H groups in total. The van der Waals surface area contributed by atoms with Gasteiger partial charge in [-0.2, -0.15) is 0 Å². The van der Waals surface area contributed by atoms with Crippen molar-refractivity contribution in [2.75, 3.05) is 6.54 Å². The SMILES string of the molecule is Oc1c(Br)cccc1CNCC(O)C1CC1. The summed E-state index contributed by atoms with van der Waals surface area (Å²) in [5.41, 5.74) is 0.845. The summed E-state index contributed by atoms with van der Waals surface area (Å²) in [5.74, 6) is 0.763. The molecule has 3 nitrogen and oxygen atoms in total. The van der Waals surface area contributed by atoms with Gasteiger partial charge in [0.25, 0.3) is 0 Å². The van der Waals surface area contributed by atoms with Crippen molar-refractivity contribution in [3.05, 3.63) is 28.2 Å². The van der Waals surface area contributed by atoms with Crippen molar-refractivity contribution in [1.29, 1.82) is 0 Å². The predicted molar refractivity (Wildman–Crippen MR) is 66.2 cm³/mol. The van der Waals surface area contributed by atoms with Crippen molar-refractivity contribution in [2.45, 2.75) is 25.5 Å². The van der Waals surface area contributed by atoms with Gasteiger partial charge in [0, 0.05) is 18.7 Å². The van der Waals surface area contributed by atoms with Crippen LogP contribution < -0.4 is 5.32 Å². The van der Waals surface area contributed by atoms with Crippen LogP contribution in [0, 0.1) is 5.92 Å². The largest absolute Gasteiger partial charge is 0.506 e. The van der Waals surface area contributed by atoms with Gasteiger partial charge in [-0.25, -0.2) is 0 Å². The number of phenols is 1. The van der Waals surface area contributed by atoms with Crippen LogP contribution in [0.3, 0.4) is 0 Å². The van der Waals surface area contributed by atoms with E-state index in [2.05, 4.69) is 21.2 Å². The number of aliphatic hydroxyl groups is 1. The lowest BCUT2D eigenvalue weighted by Gasteiger charge is -2.11. The molecule has 16 heavy (non-hydrogen) atoms. The molecule has 0 saturated heterocycles. The molecule has 4 heteroatoms. The molecule has 88 valence electrons. The molecule has 1 fully saturated rings. The quantitative estimate of drug-likeness (QED) is 0.776. The van der Waals surface area contributed by atoms with Gasteiger partial charge in [-0.05, 0) is 40.8 Å². The van der Waals surface area contributed by atoms with Crippen LogP contribution in [-0.4, -0.2) is 22.9 Å². The summed E-state index contributed by atoms with van der Waals surface area (Å²) in [6.07, 6.45) is 2.05. The number of rotatable bonds is 5. The Morgan fingerprint density at radius 2 is 2.19 bits per heavy atom. The molecular formula is C12H16BrNO2. The smallest absolute Gasteiger partial charge is 0.134 e. The second-order valence-electron chi connectivity index (χ2n) is 4.28. The van der Waals surface area contributed by atoms with Crippen LogP contribution in [0.2, 0.25) is 0 Å². The third kappa shape index (κ3) is 2.97. The molecule has 1 aromatic rings. The Morgan fingerprint density at radius 1 is 1.44 bits per heavy atom. The van der Waals surface area contributed by atoms with Gasteiger partial charge >= 0.3 is 0 Å². The van der Waals surface area contributed by atoms with Gasteiger partial charge < -0.3 is 15.5 Å². The molecule has 1 aromatic carbocycles. The molecule has 1 saturated carbocycles. The molecule has 1 atom stereocenters. The monoisotopic (exact) mass is 285 g/mol. The number of aromatic hydroxyl groups is 1. The van der Waals surface area contributed by atoms with Crippen LogP contribution >= 0.6 is 15.9 Å². The molecule has 1 unspecified atom stereocenters. The van der Waals surface area contributed by atoms with Gasteiger partial charge in [-0.1, -0.05) is 12.1 Å². The highest BCUT2D eigenvalue weighted by Crippen LogP contribution is 2.32. The van der Waals surface area contributed by atoms with Crippen LogP contribution in [0.15, 0.2) is 22.7 Å². The lowest BCUT2D eigenvalue weighted by molar-refractivity contribution is 0.148. The van der Waals surface area contributed by atoms with Crippen molar-refractivity contribution >= 4 is 15.9 Å². The number of hydrogen-bond acceptors (Lipinski definition) is 3. The van der Waals surface area contributed by atoms with Crippen molar-refractivity contribution < 1.29 is 10.2 Å². The number of para-hydroxylation sites is 1. The Labute approximate surface area is 104 Å². The lowest BCUT2D eigenvalue weighted by Crippen LogP contribution is -2.27. The summed E-state index contributed by atoms with van der Waals surface area (Å²) in [6.45, 7) is 1.17. The maximum Gasteiger partial charge on any atom is 0.134 e. The summed E-state index contributed by atoms with van der Waals surface area (Å²) in [4.78, 5) is 0. The second-order valence-corrected chi connectivity index (χ2v) is 5.14. The van der Waals surface area contributed by atoms with E-state index in [0.29, 0.717) is 23.5 Å². The van der Waals surface area contributed by atoms with E-state index in [1.165, 1.54) is 0 Å². The zero-order valence-electron chi connectivity index (χ0n) is 8.99. The van der Waals surface area contributed by atoms with E-state index in [1.54, 1.807) is 6.07 Å². The minimum Gasteiger partial charge on any atom is -0.506 e. The van der Waals surface area contributed by atoms with Crippen molar-refractivity contribution in [1.82, 2.24) is 5.32 Å². The molecule has 0 amide bonds. The highest BCUT2D eigenvalue weighted by Gasteiger charge is 2.29. The summed E-state index contributed by atoms with van der Waals surface area (Å²) in [5, 5.41) is 22.6. The minimum absolute atomic E-state index is 0.241. The van der Waals surface area contributed by atoms with Gasteiger partial charge in [0.15, 0.2) is 0 Å². The van der Waals surface area contributed by atoms with Crippen molar-refractivity contribution in [2.24, 2.45) is 5.92 Å². The van der Waals surface area contributed by atoms with Crippen LogP contribution in [-0.2, 0) is 6.54 Å². The Bertz CT molecular complexity index is 366. The first-order valence-corrected chi connectivity index (χ1v) is 6.33. The fraction of sp³-hybridized carbons (Fsp3) is 0.500. The maximum atomic E-state index is 9.73. The first kappa shape index (κ1) is 11.9. The van der Waals surface area contributed by atoms with E-state index >= 15 is 0 Å². The molecule has 0 bridgehead atoms. The average Bonchev–Trinajstić information content (AvgIpc) is 3.07. The highest BCUT2D eigenvalue weighted by atomic mass is 79.9. The zero-order chi connectivity index (χ0) is 11.5. The summed E-state index contributed by atoms with van der Waals surface area (Å²) in [7, 11) is 0. The Hall–Kier alpha value is -0.580. The predicted octanol–water partition coefficient (Wildman–Crippen LogP) is 2.02. The third-order valence-electron chi connectivity index (χ3n) is 2.91. The van der Waals surface area contributed by atoms with Gasteiger partial charge in [0.2, 0.25) is 0 Å². The number of nitrogens with one attached hydrogen (secondary N) is 1. The standard InChI is InChI=1S/C12H16BrNO2/c13-10-3-1-2-9(12(10)16)6-14-7-11(15)8-4-5-8/h1-3,8,11,14-16H,4-7H2. The van der Waals surface area contributed by atoms with Crippen LogP contribution in [0.25, 0.3) is 0 Å². The molecule has 0 radical (unpaired) electrons. The number of hydrogen-bond donors (Lipinski definition) is 3. The van der Waals surface area contributed by atoms with E-state index in [0.717, 1.165) is 18.4 Å². The van der Waals surface area contributed by atoms with Crippen LogP contribution in [0.5, 0.6) is 5.75 Å². The molecule has 0 aromatic heterocycles. The van der Waals surface area contributed by atoms with Gasteiger partial charge in [0.05, 0.1) is 10.6 Å². The molecule has 0 spiro atoms. The van der Waals surface area contributed by atoms with E-state index in [4.69, 9.17) is 0 Å². The van der Waals surface area contributed by atoms with Crippen molar-refractivity contribution in [3.8, 4) is 5.75 Å². The van der Waals surface area contributed by atoms with E-state index in [9.17, 15) is 10.2 Å². The average molecular weight is 286 g/mol. The van der Waals surface area contributed by atoms with Gasteiger partial charge in [-0.15, -0.1) is 0 Å². The Balaban J connectivity index is 1.82. The molecule has 2 rings (SSSR count). The lowest BCUT2D eigenvalue weighted by atomic mass is 10.2. The number of benzene rings is 1. The van der Waals surface area contributed by atoms with Crippen molar-refractivity contribution in [3.63, 3.8) is 0 Å². The van der Waals surface area contributed by atoms with E-state index in [-0.39, 0.29) is 11.9 Å². The first-order chi connectivity index (χ1) is 7.68. The van der Waals surface area contributed by atoms with E-state index in [1.807, 2.05) is 12.1 Å². The fourth-order valence-corrected chi connectivity index (χ4v) is 2.11. The maximum absolute atomic E-state index is 9.73. The van der Waals surface area contributed by atoms with Gasteiger partial charge in [-0.3, -0.25) is 0 Å². The molecule has 1 aliphatic rings.